The maximum Gasteiger partial charge on any atom is 0.134 e. The number of methoxy groups -OCH3 is 1. The number of allylic oxidation sites excluding steroid dienone is 2. The standard InChI is InChI=1S/C21H30O2/c1-5-7-8-11-18-14-19(22-4)15-20(23-6-2)21(18)17-12-9-10-16(3)13-17/h6,13-15,17H,2,5,7-12H2,1,3-4H3/t17-/m0/s1. The molecule has 0 unspecified atom stereocenters. The summed E-state index contributed by atoms with van der Waals surface area (Å²) in [6, 6.07) is 4.19. The molecule has 0 fully saturated rings. The summed E-state index contributed by atoms with van der Waals surface area (Å²) in [7, 11) is 1.72. The second kappa shape index (κ2) is 8.81. The number of benzene rings is 1. The average Bonchev–Trinajstić information content (AvgIpc) is 2.55. The lowest BCUT2D eigenvalue weighted by atomic mass is 9.82. The van der Waals surface area contributed by atoms with Gasteiger partial charge in [0.1, 0.15) is 11.5 Å². The lowest BCUT2D eigenvalue weighted by Crippen LogP contribution is -2.08. The Hall–Kier alpha value is -1.70. The smallest absolute Gasteiger partial charge is 0.134 e. The molecule has 0 saturated carbocycles. The van der Waals surface area contributed by atoms with Gasteiger partial charge in [0.05, 0.1) is 13.4 Å². The summed E-state index contributed by atoms with van der Waals surface area (Å²) in [6.07, 6.45) is 12.4. The summed E-state index contributed by atoms with van der Waals surface area (Å²) in [6.45, 7) is 8.22. The predicted octanol–water partition coefficient (Wildman–Crippen LogP) is 6.16. The van der Waals surface area contributed by atoms with Crippen LogP contribution in [0.4, 0.5) is 0 Å². The minimum absolute atomic E-state index is 0.446. The molecule has 1 aliphatic carbocycles. The lowest BCUT2D eigenvalue weighted by molar-refractivity contribution is 0.406. The van der Waals surface area contributed by atoms with Gasteiger partial charge >= 0.3 is 0 Å². The Morgan fingerprint density at radius 3 is 2.78 bits per heavy atom. The molecule has 0 radical (unpaired) electrons. The molecule has 0 amide bonds. The van der Waals surface area contributed by atoms with Gasteiger partial charge in [-0.25, -0.2) is 0 Å². The highest BCUT2D eigenvalue weighted by Gasteiger charge is 2.22. The zero-order valence-corrected chi connectivity index (χ0v) is 14.9. The largest absolute Gasteiger partial charge is 0.497 e. The molecule has 0 spiro atoms. The van der Waals surface area contributed by atoms with E-state index in [1.807, 2.05) is 6.07 Å². The van der Waals surface area contributed by atoms with E-state index in [9.17, 15) is 0 Å². The molecule has 1 aliphatic rings. The third kappa shape index (κ3) is 4.63. The van der Waals surface area contributed by atoms with Gasteiger partial charge in [0.15, 0.2) is 0 Å². The number of hydrogen-bond donors (Lipinski definition) is 0. The van der Waals surface area contributed by atoms with Gasteiger partial charge in [0, 0.05) is 17.5 Å². The molecule has 23 heavy (non-hydrogen) atoms. The highest BCUT2D eigenvalue weighted by atomic mass is 16.5. The van der Waals surface area contributed by atoms with Gasteiger partial charge in [-0.3, -0.25) is 0 Å². The highest BCUT2D eigenvalue weighted by Crippen LogP contribution is 2.41. The molecule has 0 heterocycles. The van der Waals surface area contributed by atoms with E-state index in [1.54, 1.807) is 7.11 Å². The van der Waals surface area contributed by atoms with Crippen molar-refractivity contribution < 1.29 is 9.47 Å². The van der Waals surface area contributed by atoms with Crippen molar-refractivity contribution in [3.8, 4) is 11.5 Å². The minimum Gasteiger partial charge on any atom is -0.497 e. The normalized spacial score (nSPS) is 17.5. The number of rotatable bonds is 8. The van der Waals surface area contributed by atoms with Crippen LogP contribution in [0.5, 0.6) is 11.5 Å². The summed E-state index contributed by atoms with van der Waals surface area (Å²) in [5.74, 6) is 2.22. The van der Waals surface area contributed by atoms with E-state index in [1.165, 1.54) is 61.5 Å². The van der Waals surface area contributed by atoms with E-state index in [2.05, 4.69) is 32.6 Å². The van der Waals surface area contributed by atoms with Crippen molar-refractivity contribution in [2.24, 2.45) is 0 Å². The quantitative estimate of drug-likeness (QED) is 0.325. The zero-order chi connectivity index (χ0) is 16.7. The molecular weight excluding hydrogens is 284 g/mol. The summed E-state index contributed by atoms with van der Waals surface area (Å²) < 4.78 is 11.3. The molecular formula is C21H30O2. The van der Waals surface area contributed by atoms with Crippen molar-refractivity contribution in [1.82, 2.24) is 0 Å². The molecule has 126 valence electrons. The fraction of sp³-hybridized carbons (Fsp3) is 0.524. The molecule has 0 aliphatic heterocycles. The Morgan fingerprint density at radius 1 is 1.30 bits per heavy atom. The van der Waals surface area contributed by atoms with Crippen molar-refractivity contribution in [3.63, 3.8) is 0 Å². The van der Waals surface area contributed by atoms with E-state index >= 15 is 0 Å². The van der Waals surface area contributed by atoms with Crippen molar-refractivity contribution >= 4 is 0 Å². The van der Waals surface area contributed by atoms with Gasteiger partial charge in [-0.1, -0.05) is 38.0 Å². The number of ether oxygens (including phenoxy) is 2. The topological polar surface area (TPSA) is 18.5 Å². The van der Waals surface area contributed by atoms with E-state index in [-0.39, 0.29) is 0 Å². The Labute approximate surface area is 141 Å². The highest BCUT2D eigenvalue weighted by molar-refractivity contribution is 5.51. The second-order valence-electron chi connectivity index (χ2n) is 6.45. The first-order valence-electron chi connectivity index (χ1n) is 8.85. The fourth-order valence-corrected chi connectivity index (χ4v) is 3.49. The summed E-state index contributed by atoms with van der Waals surface area (Å²) in [5.41, 5.74) is 4.19. The van der Waals surface area contributed by atoms with E-state index in [0.717, 1.165) is 17.9 Å². The molecule has 1 atom stereocenters. The van der Waals surface area contributed by atoms with Crippen LogP contribution in [0.2, 0.25) is 0 Å². The Bertz CT molecular complexity index is 557. The van der Waals surface area contributed by atoms with Gasteiger partial charge < -0.3 is 9.47 Å². The minimum atomic E-state index is 0.446. The predicted molar refractivity (Wildman–Crippen MR) is 97.4 cm³/mol. The zero-order valence-electron chi connectivity index (χ0n) is 14.9. The van der Waals surface area contributed by atoms with Crippen LogP contribution in [-0.4, -0.2) is 7.11 Å². The van der Waals surface area contributed by atoms with Gasteiger partial charge in [-0.05, 0) is 50.7 Å². The Morgan fingerprint density at radius 2 is 2.13 bits per heavy atom. The van der Waals surface area contributed by atoms with Crippen LogP contribution in [0.25, 0.3) is 0 Å². The van der Waals surface area contributed by atoms with E-state index in [0.29, 0.717) is 5.92 Å². The summed E-state index contributed by atoms with van der Waals surface area (Å²) >= 11 is 0. The first kappa shape index (κ1) is 17.7. The van der Waals surface area contributed by atoms with Crippen molar-refractivity contribution in [2.45, 2.75) is 64.7 Å². The maximum absolute atomic E-state index is 5.77. The van der Waals surface area contributed by atoms with Crippen LogP contribution in [-0.2, 0) is 6.42 Å². The Kier molecular flexibility index (Phi) is 6.76. The van der Waals surface area contributed by atoms with Crippen LogP contribution >= 0.6 is 0 Å². The van der Waals surface area contributed by atoms with Crippen molar-refractivity contribution in [2.75, 3.05) is 7.11 Å². The molecule has 2 rings (SSSR count). The maximum atomic E-state index is 5.77. The van der Waals surface area contributed by atoms with E-state index < -0.39 is 0 Å². The first-order valence-corrected chi connectivity index (χ1v) is 8.85. The van der Waals surface area contributed by atoms with Gasteiger partial charge in [-0.15, -0.1) is 0 Å². The van der Waals surface area contributed by atoms with Gasteiger partial charge in [0.25, 0.3) is 0 Å². The van der Waals surface area contributed by atoms with Crippen LogP contribution < -0.4 is 9.47 Å². The lowest BCUT2D eigenvalue weighted by Gasteiger charge is -2.25. The number of hydrogen-bond acceptors (Lipinski definition) is 2. The molecule has 2 nitrogen and oxygen atoms in total. The molecule has 0 aromatic heterocycles. The average molecular weight is 314 g/mol. The second-order valence-corrected chi connectivity index (χ2v) is 6.45. The van der Waals surface area contributed by atoms with Crippen molar-refractivity contribution in [3.05, 3.63) is 47.7 Å². The molecule has 0 N–H and O–H groups in total. The van der Waals surface area contributed by atoms with Crippen LogP contribution in [0.1, 0.15) is 69.4 Å². The number of unbranched alkanes of at least 4 members (excludes halogenated alkanes) is 2. The Balaban J connectivity index is 2.44. The third-order valence-corrected chi connectivity index (χ3v) is 4.64. The van der Waals surface area contributed by atoms with Crippen LogP contribution in [0, 0.1) is 0 Å². The molecule has 0 saturated heterocycles. The van der Waals surface area contributed by atoms with Gasteiger partial charge in [0.2, 0.25) is 0 Å². The van der Waals surface area contributed by atoms with Crippen molar-refractivity contribution in [1.29, 1.82) is 0 Å². The SMILES string of the molecule is C=COc1cc(OC)cc(CCCCC)c1[C@@H]1C=C(C)CCC1. The number of aryl methyl sites for hydroxylation is 1. The third-order valence-electron chi connectivity index (χ3n) is 4.64. The molecule has 0 bridgehead atoms. The molecule has 2 heteroatoms. The monoisotopic (exact) mass is 314 g/mol. The molecule has 1 aromatic rings. The molecule has 1 aromatic carbocycles. The summed E-state index contributed by atoms with van der Waals surface area (Å²) in [4.78, 5) is 0. The fourth-order valence-electron chi connectivity index (χ4n) is 3.49. The van der Waals surface area contributed by atoms with E-state index in [4.69, 9.17) is 9.47 Å². The van der Waals surface area contributed by atoms with Crippen LogP contribution in [0.15, 0.2) is 36.6 Å². The van der Waals surface area contributed by atoms with Crippen LogP contribution in [0.3, 0.4) is 0 Å². The summed E-state index contributed by atoms with van der Waals surface area (Å²) in [5, 5.41) is 0. The van der Waals surface area contributed by atoms with Gasteiger partial charge in [-0.2, -0.15) is 0 Å². The first-order chi connectivity index (χ1) is 11.2.